The molecule has 1 aliphatic carbocycles. The van der Waals surface area contributed by atoms with Crippen LogP contribution in [0.1, 0.15) is 49.0 Å². The lowest BCUT2D eigenvalue weighted by Crippen LogP contribution is -2.43. The molecule has 1 aromatic heterocycles. The highest BCUT2D eigenvalue weighted by Gasteiger charge is 2.28. The highest BCUT2D eigenvalue weighted by atomic mass is 32.1. The molecule has 0 aliphatic heterocycles. The smallest absolute Gasteiger partial charge is 0.262 e. The zero-order valence-corrected chi connectivity index (χ0v) is 18.9. The zero-order chi connectivity index (χ0) is 22.0. The lowest BCUT2D eigenvalue weighted by molar-refractivity contribution is 0.0891. The number of amides is 1. The molecule has 1 heterocycles. The van der Waals surface area contributed by atoms with Crippen molar-refractivity contribution in [1.82, 2.24) is 14.9 Å². The Morgan fingerprint density at radius 3 is 2.71 bits per heavy atom. The quantitative estimate of drug-likeness (QED) is 0.563. The SMILES string of the molecule is C[C@@H]1[C@H](C)CCC[C@@H]1NC(=O)c1ccc2c(=O)n(CCc3ccccc3)c(=S)[nH]c2c1. The third kappa shape index (κ3) is 4.64. The molecule has 0 radical (unpaired) electrons. The molecule has 3 aromatic rings. The molecule has 3 atom stereocenters. The van der Waals surface area contributed by atoms with Crippen LogP contribution in [0.15, 0.2) is 53.3 Å². The van der Waals surface area contributed by atoms with Gasteiger partial charge in [-0.25, -0.2) is 0 Å². The van der Waals surface area contributed by atoms with Gasteiger partial charge >= 0.3 is 0 Å². The molecule has 0 bridgehead atoms. The van der Waals surface area contributed by atoms with Gasteiger partial charge < -0.3 is 10.3 Å². The van der Waals surface area contributed by atoms with Gasteiger partial charge in [-0.15, -0.1) is 0 Å². The summed E-state index contributed by atoms with van der Waals surface area (Å²) >= 11 is 5.46. The molecule has 1 fully saturated rings. The summed E-state index contributed by atoms with van der Waals surface area (Å²) in [6.07, 6.45) is 4.10. The summed E-state index contributed by atoms with van der Waals surface area (Å²) in [6, 6.07) is 15.4. The van der Waals surface area contributed by atoms with E-state index in [2.05, 4.69) is 24.1 Å². The van der Waals surface area contributed by atoms with E-state index in [1.807, 2.05) is 30.3 Å². The summed E-state index contributed by atoms with van der Waals surface area (Å²) in [6.45, 7) is 4.97. The lowest BCUT2D eigenvalue weighted by atomic mass is 9.78. The third-order valence-corrected chi connectivity index (χ3v) is 7.06. The van der Waals surface area contributed by atoms with E-state index in [1.165, 1.54) is 6.42 Å². The Hall–Kier alpha value is -2.73. The van der Waals surface area contributed by atoms with Crippen molar-refractivity contribution in [2.75, 3.05) is 0 Å². The van der Waals surface area contributed by atoms with Crippen molar-refractivity contribution in [3.8, 4) is 0 Å². The minimum atomic E-state index is -0.128. The van der Waals surface area contributed by atoms with Gasteiger partial charge in [-0.1, -0.05) is 57.0 Å². The molecule has 6 heteroatoms. The second kappa shape index (κ2) is 9.18. The largest absolute Gasteiger partial charge is 0.349 e. The molecule has 2 N–H and O–H groups in total. The number of aromatic amines is 1. The number of nitrogens with zero attached hydrogens (tertiary/aromatic N) is 1. The van der Waals surface area contributed by atoms with E-state index in [0.717, 1.165) is 24.8 Å². The average Bonchev–Trinajstić information content (AvgIpc) is 2.77. The van der Waals surface area contributed by atoms with Gasteiger partial charge in [0.25, 0.3) is 11.5 Å². The van der Waals surface area contributed by atoms with E-state index in [0.29, 0.717) is 39.6 Å². The monoisotopic (exact) mass is 435 g/mol. The number of hydrogen-bond acceptors (Lipinski definition) is 3. The first kappa shape index (κ1) is 21.5. The first-order chi connectivity index (χ1) is 14.9. The van der Waals surface area contributed by atoms with E-state index in [-0.39, 0.29) is 17.5 Å². The second-order valence-corrected chi connectivity index (χ2v) is 9.12. The number of fused-ring (bicyclic) bond motifs is 1. The molecule has 162 valence electrons. The van der Waals surface area contributed by atoms with Gasteiger partial charge in [0.1, 0.15) is 0 Å². The molecule has 1 aliphatic rings. The van der Waals surface area contributed by atoms with Crippen molar-refractivity contribution in [1.29, 1.82) is 0 Å². The van der Waals surface area contributed by atoms with Crippen LogP contribution < -0.4 is 10.9 Å². The van der Waals surface area contributed by atoms with Crippen LogP contribution in [-0.2, 0) is 13.0 Å². The maximum absolute atomic E-state index is 13.0. The summed E-state index contributed by atoms with van der Waals surface area (Å²) in [5.41, 5.74) is 2.17. The molecular weight excluding hydrogens is 406 g/mol. The van der Waals surface area contributed by atoms with E-state index >= 15 is 0 Å². The summed E-state index contributed by atoms with van der Waals surface area (Å²) in [5.74, 6) is 0.974. The molecule has 2 aromatic carbocycles. The molecule has 0 unspecified atom stereocenters. The molecule has 1 amide bonds. The van der Waals surface area contributed by atoms with Crippen LogP contribution in [0.5, 0.6) is 0 Å². The Morgan fingerprint density at radius 2 is 1.94 bits per heavy atom. The van der Waals surface area contributed by atoms with Crippen LogP contribution in [0.2, 0.25) is 0 Å². The Morgan fingerprint density at radius 1 is 1.16 bits per heavy atom. The number of nitrogens with one attached hydrogen (secondary N) is 2. The number of carbonyl (C=O) groups excluding carboxylic acids is 1. The van der Waals surface area contributed by atoms with Gasteiger partial charge in [-0.2, -0.15) is 0 Å². The highest BCUT2D eigenvalue weighted by Crippen LogP contribution is 2.29. The highest BCUT2D eigenvalue weighted by molar-refractivity contribution is 7.71. The normalized spacial score (nSPS) is 21.2. The molecule has 0 saturated heterocycles. The molecule has 1 saturated carbocycles. The predicted octanol–water partition coefficient (Wildman–Crippen LogP) is 4.86. The fourth-order valence-corrected chi connectivity index (χ4v) is 4.81. The number of carbonyl (C=O) groups is 1. The molecule has 0 spiro atoms. The first-order valence-electron chi connectivity index (χ1n) is 11.1. The van der Waals surface area contributed by atoms with E-state index in [1.54, 1.807) is 22.8 Å². The van der Waals surface area contributed by atoms with Gasteiger partial charge in [-0.05, 0) is 60.7 Å². The summed E-state index contributed by atoms with van der Waals surface area (Å²) in [7, 11) is 0. The van der Waals surface area contributed by atoms with Crippen LogP contribution in [0.3, 0.4) is 0 Å². The topological polar surface area (TPSA) is 66.9 Å². The maximum Gasteiger partial charge on any atom is 0.262 e. The van der Waals surface area contributed by atoms with Gasteiger partial charge in [0.2, 0.25) is 0 Å². The van der Waals surface area contributed by atoms with Crippen LogP contribution in [0.25, 0.3) is 10.9 Å². The van der Waals surface area contributed by atoms with Gasteiger partial charge in [0.05, 0.1) is 10.9 Å². The van der Waals surface area contributed by atoms with E-state index in [4.69, 9.17) is 12.2 Å². The number of hydrogen-bond donors (Lipinski definition) is 2. The van der Waals surface area contributed by atoms with Crippen LogP contribution >= 0.6 is 12.2 Å². The second-order valence-electron chi connectivity index (χ2n) is 8.73. The average molecular weight is 436 g/mol. The zero-order valence-electron chi connectivity index (χ0n) is 18.1. The summed E-state index contributed by atoms with van der Waals surface area (Å²) < 4.78 is 1.97. The van der Waals surface area contributed by atoms with Crippen molar-refractivity contribution >= 4 is 29.0 Å². The van der Waals surface area contributed by atoms with Gasteiger partial charge in [0.15, 0.2) is 4.77 Å². The Balaban J connectivity index is 1.56. The van der Waals surface area contributed by atoms with Gasteiger partial charge in [-0.3, -0.25) is 14.2 Å². The fraction of sp³-hybridized carbons (Fsp3) is 0.400. The number of benzene rings is 2. The summed E-state index contributed by atoms with van der Waals surface area (Å²) in [5, 5.41) is 3.74. The van der Waals surface area contributed by atoms with Gasteiger partial charge in [0, 0.05) is 18.2 Å². The Bertz CT molecular complexity index is 1200. The Kier molecular flexibility index (Phi) is 6.37. The predicted molar refractivity (Wildman–Crippen MR) is 127 cm³/mol. The molecule has 5 nitrogen and oxygen atoms in total. The Labute approximate surface area is 187 Å². The van der Waals surface area contributed by atoms with Crippen LogP contribution in [0, 0.1) is 16.6 Å². The molecular formula is C25H29N3O2S. The number of H-pyrrole nitrogens is 1. The van der Waals surface area contributed by atoms with Crippen LogP contribution in [0.4, 0.5) is 0 Å². The molecule has 4 rings (SSSR count). The number of rotatable bonds is 5. The van der Waals surface area contributed by atoms with Crippen molar-refractivity contribution < 1.29 is 4.79 Å². The lowest BCUT2D eigenvalue weighted by Gasteiger charge is -2.34. The van der Waals surface area contributed by atoms with Crippen molar-refractivity contribution in [3.05, 3.63) is 74.8 Å². The third-order valence-electron chi connectivity index (χ3n) is 6.73. The first-order valence-corrected chi connectivity index (χ1v) is 11.5. The fourth-order valence-electron chi connectivity index (χ4n) is 4.52. The van der Waals surface area contributed by atoms with Crippen molar-refractivity contribution in [2.24, 2.45) is 11.8 Å². The minimum absolute atomic E-state index is 0.0968. The van der Waals surface area contributed by atoms with Crippen molar-refractivity contribution in [2.45, 2.75) is 52.1 Å². The van der Waals surface area contributed by atoms with E-state index in [9.17, 15) is 9.59 Å². The van der Waals surface area contributed by atoms with E-state index < -0.39 is 0 Å². The summed E-state index contributed by atoms with van der Waals surface area (Å²) in [4.78, 5) is 29.0. The minimum Gasteiger partial charge on any atom is -0.349 e. The van der Waals surface area contributed by atoms with Crippen molar-refractivity contribution in [3.63, 3.8) is 0 Å². The number of aryl methyl sites for hydroxylation is 1. The maximum atomic E-state index is 13.0. The van der Waals surface area contributed by atoms with Crippen LogP contribution in [-0.4, -0.2) is 21.5 Å². The molecule has 31 heavy (non-hydrogen) atoms. The number of aromatic nitrogens is 2. The standard InChI is InChI=1S/C25H29N3O2S/c1-16-7-6-10-21(17(16)2)26-23(29)19-11-12-20-22(15-19)27-25(31)28(24(20)30)14-13-18-8-4-3-5-9-18/h3-5,8-9,11-12,15-17,21H,6-7,10,13-14H2,1-2H3,(H,26,29)(H,27,31)/t16-,17-,21+/m1/s1.